The number of sulfonamides is 1. The summed E-state index contributed by atoms with van der Waals surface area (Å²) in [5.41, 5.74) is 0.204. The van der Waals surface area contributed by atoms with Gasteiger partial charge < -0.3 is 14.8 Å². The third kappa shape index (κ3) is 5.30. The molecule has 1 amide bonds. The van der Waals surface area contributed by atoms with Gasteiger partial charge in [0.15, 0.2) is 6.61 Å². The van der Waals surface area contributed by atoms with Crippen molar-refractivity contribution in [2.45, 2.75) is 11.3 Å². The molecule has 2 N–H and O–H groups in total. The first kappa shape index (κ1) is 23.5. The summed E-state index contributed by atoms with van der Waals surface area (Å²) < 4.78 is 37.1. The second-order valence-electron chi connectivity index (χ2n) is 7.47. The minimum Gasteiger partial charge on any atom is -0.455 e. The Bertz CT molecular complexity index is 1380. The van der Waals surface area contributed by atoms with Crippen LogP contribution in [0.15, 0.2) is 58.2 Å². The Labute approximate surface area is 194 Å². The minimum atomic E-state index is -3.72. The highest BCUT2D eigenvalue weighted by atomic mass is 32.2. The first-order chi connectivity index (χ1) is 16.3. The van der Waals surface area contributed by atoms with Crippen LogP contribution < -0.4 is 10.9 Å². The molecule has 1 aromatic heterocycles. The van der Waals surface area contributed by atoms with Gasteiger partial charge in [0.2, 0.25) is 10.0 Å². The van der Waals surface area contributed by atoms with Crippen LogP contribution in [-0.2, 0) is 35.5 Å². The average Bonchev–Trinajstić information content (AvgIpc) is 2.85. The molecule has 1 aliphatic rings. The number of hydrogen-bond donors (Lipinski definition) is 2. The molecule has 3 aromatic rings. The summed E-state index contributed by atoms with van der Waals surface area (Å²) >= 11 is 0. The fourth-order valence-electron chi connectivity index (χ4n) is 3.51. The molecular formula is C22H22N4O7S. The molecule has 34 heavy (non-hydrogen) atoms. The Balaban J connectivity index is 1.36. The lowest BCUT2D eigenvalue weighted by Crippen LogP contribution is -2.40. The fraction of sp³-hybridized carbons (Fsp3) is 0.273. The molecule has 0 aliphatic carbocycles. The molecule has 1 aliphatic heterocycles. The molecular weight excluding hydrogens is 464 g/mol. The predicted molar refractivity (Wildman–Crippen MR) is 122 cm³/mol. The van der Waals surface area contributed by atoms with Gasteiger partial charge in [0.05, 0.1) is 35.6 Å². The van der Waals surface area contributed by atoms with E-state index in [1.165, 1.54) is 28.6 Å². The van der Waals surface area contributed by atoms with E-state index >= 15 is 0 Å². The van der Waals surface area contributed by atoms with Crippen molar-refractivity contribution in [3.63, 3.8) is 0 Å². The van der Waals surface area contributed by atoms with Gasteiger partial charge in [-0.05, 0) is 24.3 Å². The molecule has 12 heteroatoms. The maximum Gasteiger partial charge on any atom is 0.312 e. The third-order valence-electron chi connectivity index (χ3n) is 5.18. The first-order valence-corrected chi connectivity index (χ1v) is 11.9. The SMILES string of the molecule is O=C(COC(=O)Cc1n[nH]c(=O)c2ccccc12)Nc1cccc(S(=O)(=O)N2CCOCC2)c1. The number of aromatic nitrogens is 2. The van der Waals surface area contributed by atoms with Crippen LogP contribution in [0.3, 0.4) is 0 Å². The van der Waals surface area contributed by atoms with Crippen molar-refractivity contribution < 1.29 is 27.5 Å². The van der Waals surface area contributed by atoms with Gasteiger partial charge in [-0.3, -0.25) is 14.4 Å². The summed E-state index contributed by atoms with van der Waals surface area (Å²) in [5.74, 6) is -1.34. The number of aromatic amines is 1. The number of nitrogens with one attached hydrogen (secondary N) is 2. The van der Waals surface area contributed by atoms with Crippen molar-refractivity contribution in [3.8, 4) is 0 Å². The number of nitrogens with zero attached hydrogens (tertiary/aromatic N) is 2. The zero-order valence-electron chi connectivity index (χ0n) is 18.0. The number of fused-ring (bicyclic) bond motifs is 1. The van der Waals surface area contributed by atoms with Gasteiger partial charge in [-0.2, -0.15) is 9.40 Å². The molecule has 1 fully saturated rings. The number of hydrogen-bond acceptors (Lipinski definition) is 8. The summed E-state index contributed by atoms with van der Waals surface area (Å²) in [5, 5.41) is 9.68. The highest BCUT2D eigenvalue weighted by molar-refractivity contribution is 7.89. The van der Waals surface area contributed by atoms with E-state index in [9.17, 15) is 22.8 Å². The molecule has 4 rings (SSSR count). The Morgan fingerprint density at radius 1 is 1.09 bits per heavy atom. The molecule has 1 saturated heterocycles. The van der Waals surface area contributed by atoms with E-state index in [-0.39, 0.29) is 35.7 Å². The highest BCUT2D eigenvalue weighted by Crippen LogP contribution is 2.20. The molecule has 0 unspecified atom stereocenters. The van der Waals surface area contributed by atoms with Gasteiger partial charge in [0.1, 0.15) is 0 Å². The van der Waals surface area contributed by atoms with Crippen LogP contribution in [0.1, 0.15) is 5.69 Å². The van der Waals surface area contributed by atoms with Crippen LogP contribution in [0, 0.1) is 0 Å². The number of carbonyl (C=O) groups excluding carboxylic acids is 2. The number of amides is 1. The van der Waals surface area contributed by atoms with Crippen LogP contribution in [0.25, 0.3) is 10.8 Å². The van der Waals surface area contributed by atoms with Crippen molar-refractivity contribution in [2.24, 2.45) is 0 Å². The van der Waals surface area contributed by atoms with Crippen molar-refractivity contribution >= 4 is 38.4 Å². The van der Waals surface area contributed by atoms with Gasteiger partial charge in [0, 0.05) is 24.2 Å². The minimum absolute atomic E-state index is 0.0419. The molecule has 0 saturated carbocycles. The van der Waals surface area contributed by atoms with Crippen molar-refractivity contribution in [1.82, 2.24) is 14.5 Å². The predicted octanol–water partition coefficient (Wildman–Crippen LogP) is 0.668. The largest absolute Gasteiger partial charge is 0.455 e. The molecule has 0 radical (unpaired) electrons. The Kier molecular flexibility index (Phi) is 7.01. The van der Waals surface area contributed by atoms with Gasteiger partial charge in [-0.25, -0.2) is 13.5 Å². The van der Waals surface area contributed by atoms with Gasteiger partial charge >= 0.3 is 5.97 Å². The summed E-state index contributed by atoms with van der Waals surface area (Å²) in [7, 11) is -3.72. The zero-order valence-corrected chi connectivity index (χ0v) is 18.8. The van der Waals surface area contributed by atoms with E-state index in [0.717, 1.165) is 0 Å². The normalized spacial score (nSPS) is 14.6. The van der Waals surface area contributed by atoms with Crippen LogP contribution in [0.4, 0.5) is 5.69 Å². The average molecular weight is 487 g/mol. The Morgan fingerprint density at radius 3 is 2.59 bits per heavy atom. The standard InChI is InChI=1S/C22H22N4O7S/c27-20(14-33-21(28)13-19-17-6-1-2-7-18(17)22(29)25-24-19)23-15-4-3-5-16(12-15)34(30,31)26-8-10-32-11-9-26/h1-7,12H,8-11,13-14H2,(H,23,27)(H,25,29). The lowest BCUT2D eigenvalue weighted by atomic mass is 10.1. The molecule has 2 heterocycles. The summed E-state index contributed by atoms with van der Waals surface area (Å²) in [6.45, 7) is 0.597. The first-order valence-electron chi connectivity index (χ1n) is 10.4. The molecule has 178 valence electrons. The zero-order chi connectivity index (χ0) is 24.1. The van der Waals surface area contributed by atoms with Crippen molar-refractivity contribution in [2.75, 3.05) is 38.2 Å². The number of esters is 1. The quantitative estimate of drug-likeness (QED) is 0.463. The maximum atomic E-state index is 12.8. The third-order valence-corrected chi connectivity index (χ3v) is 7.07. The number of rotatable bonds is 7. The molecule has 2 aromatic carbocycles. The number of ether oxygens (including phenoxy) is 2. The van der Waals surface area contributed by atoms with E-state index < -0.39 is 28.5 Å². The molecule has 0 atom stereocenters. The smallest absolute Gasteiger partial charge is 0.312 e. The topological polar surface area (TPSA) is 148 Å². The van der Waals surface area contributed by atoms with E-state index in [1.54, 1.807) is 24.3 Å². The van der Waals surface area contributed by atoms with Crippen LogP contribution in [0.2, 0.25) is 0 Å². The van der Waals surface area contributed by atoms with E-state index in [4.69, 9.17) is 9.47 Å². The number of morpholine rings is 1. The second kappa shape index (κ2) is 10.1. The van der Waals surface area contributed by atoms with Crippen LogP contribution in [-0.4, -0.2) is 67.7 Å². The molecule has 11 nitrogen and oxygen atoms in total. The molecule has 0 bridgehead atoms. The highest BCUT2D eigenvalue weighted by Gasteiger charge is 2.26. The Morgan fingerprint density at radius 2 is 1.82 bits per heavy atom. The molecule has 0 spiro atoms. The van der Waals surface area contributed by atoms with Crippen LogP contribution in [0.5, 0.6) is 0 Å². The van der Waals surface area contributed by atoms with E-state index in [2.05, 4.69) is 15.5 Å². The van der Waals surface area contributed by atoms with Crippen molar-refractivity contribution in [3.05, 3.63) is 64.6 Å². The Hall–Kier alpha value is -3.61. The van der Waals surface area contributed by atoms with Gasteiger partial charge in [-0.1, -0.05) is 24.3 Å². The van der Waals surface area contributed by atoms with Gasteiger partial charge in [0.25, 0.3) is 11.5 Å². The summed E-state index contributed by atoms with van der Waals surface area (Å²) in [6, 6.07) is 12.6. The number of H-pyrrole nitrogens is 1. The lowest BCUT2D eigenvalue weighted by Gasteiger charge is -2.26. The van der Waals surface area contributed by atoms with E-state index in [1.807, 2.05) is 0 Å². The van der Waals surface area contributed by atoms with E-state index in [0.29, 0.717) is 29.7 Å². The lowest BCUT2D eigenvalue weighted by molar-refractivity contribution is -0.146. The van der Waals surface area contributed by atoms with Crippen molar-refractivity contribution in [1.29, 1.82) is 0 Å². The number of carbonyl (C=O) groups is 2. The summed E-state index contributed by atoms with van der Waals surface area (Å²) in [6.07, 6.45) is -0.238. The second-order valence-corrected chi connectivity index (χ2v) is 9.41. The fourth-order valence-corrected chi connectivity index (χ4v) is 4.96. The van der Waals surface area contributed by atoms with Crippen LogP contribution >= 0.6 is 0 Å². The number of benzene rings is 2. The summed E-state index contributed by atoms with van der Waals surface area (Å²) in [4.78, 5) is 36.4. The van der Waals surface area contributed by atoms with Gasteiger partial charge in [-0.15, -0.1) is 0 Å². The maximum absolute atomic E-state index is 12.8. The monoisotopic (exact) mass is 486 g/mol. The number of anilines is 1.